The number of likely N-dealkylation sites (tertiary alicyclic amines) is 1. The molecule has 2 aromatic carbocycles. The molecule has 0 bridgehead atoms. The van der Waals surface area contributed by atoms with Crippen LogP contribution in [0.25, 0.3) is 10.9 Å². The van der Waals surface area contributed by atoms with E-state index in [4.69, 9.17) is 11.6 Å². The minimum Gasteiger partial charge on any atom is -0.396 e. The summed E-state index contributed by atoms with van der Waals surface area (Å²) in [5, 5.41) is 13.5. The van der Waals surface area contributed by atoms with Crippen LogP contribution in [-0.4, -0.2) is 46.5 Å². The number of benzene rings is 2. The Kier molecular flexibility index (Phi) is 6.20. The number of nitrogens with one attached hydrogen (secondary N) is 1. The molecule has 31 heavy (non-hydrogen) atoms. The Balaban J connectivity index is 1.51. The highest BCUT2D eigenvalue weighted by Gasteiger charge is 2.23. The van der Waals surface area contributed by atoms with Crippen LogP contribution in [0.4, 0.5) is 5.69 Å². The number of rotatable bonds is 4. The van der Waals surface area contributed by atoms with Crippen molar-refractivity contribution < 1.29 is 14.7 Å². The van der Waals surface area contributed by atoms with Crippen molar-refractivity contribution in [2.45, 2.75) is 19.8 Å². The van der Waals surface area contributed by atoms with Gasteiger partial charge in [-0.3, -0.25) is 14.6 Å². The van der Waals surface area contributed by atoms with Gasteiger partial charge in [-0.1, -0.05) is 17.7 Å². The van der Waals surface area contributed by atoms with E-state index in [0.717, 1.165) is 23.7 Å². The van der Waals surface area contributed by atoms with Crippen LogP contribution in [0.3, 0.4) is 0 Å². The van der Waals surface area contributed by atoms with Crippen LogP contribution in [0.5, 0.6) is 0 Å². The lowest BCUT2D eigenvalue weighted by molar-refractivity contribution is 0.0650. The molecule has 2 heterocycles. The topological polar surface area (TPSA) is 82.5 Å². The number of halogens is 1. The molecule has 3 aromatic rings. The molecule has 2 N–H and O–H groups in total. The van der Waals surface area contributed by atoms with E-state index in [1.807, 2.05) is 6.07 Å². The van der Waals surface area contributed by atoms with E-state index in [0.29, 0.717) is 40.6 Å². The van der Waals surface area contributed by atoms with Gasteiger partial charge in [-0.2, -0.15) is 0 Å². The zero-order valence-electron chi connectivity index (χ0n) is 17.3. The van der Waals surface area contributed by atoms with E-state index < -0.39 is 0 Å². The molecule has 1 saturated heterocycles. The Hall–Kier alpha value is -2.96. The van der Waals surface area contributed by atoms with Crippen molar-refractivity contribution in [2.75, 3.05) is 25.0 Å². The standard InChI is InChI=1S/C24H24ClN3O3/c1-15-21(13-18-11-19(25)5-6-22(18)26-15)23(30)27-20-4-2-3-17(12-20)24(31)28-9-7-16(14-29)8-10-28/h2-6,11-13,16,29H,7-10,14H2,1H3,(H,27,30). The second kappa shape index (κ2) is 9.04. The second-order valence-corrected chi connectivity index (χ2v) is 8.35. The first-order valence-corrected chi connectivity index (χ1v) is 10.7. The van der Waals surface area contributed by atoms with Crippen molar-refractivity contribution >= 4 is 40.0 Å². The largest absolute Gasteiger partial charge is 0.396 e. The molecule has 160 valence electrons. The van der Waals surface area contributed by atoms with Gasteiger partial charge in [0.25, 0.3) is 11.8 Å². The third-order valence-electron chi connectivity index (χ3n) is 5.74. The minimum absolute atomic E-state index is 0.0642. The fraction of sp³-hybridized carbons (Fsp3) is 0.292. The van der Waals surface area contributed by atoms with Gasteiger partial charge in [0.1, 0.15) is 0 Å². The monoisotopic (exact) mass is 437 g/mol. The lowest BCUT2D eigenvalue weighted by Crippen LogP contribution is -2.39. The van der Waals surface area contributed by atoms with Gasteiger partial charge >= 0.3 is 0 Å². The number of pyridine rings is 1. The number of hydrogen-bond acceptors (Lipinski definition) is 4. The highest BCUT2D eigenvalue weighted by atomic mass is 35.5. The maximum absolute atomic E-state index is 12.9. The van der Waals surface area contributed by atoms with E-state index in [1.54, 1.807) is 54.3 Å². The Morgan fingerprint density at radius 3 is 2.68 bits per heavy atom. The molecule has 0 unspecified atom stereocenters. The summed E-state index contributed by atoms with van der Waals surface area (Å²) in [6.45, 7) is 3.22. The zero-order chi connectivity index (χ0) is 22.0. The third-order valence-corrected chi connectivity index (χ3v) is 5.97. The molecule has 0 saturated carbocycles. The van der Waals surface area contributed by atoms with Gasteiger partial charge in [0.05, 0.1) is 16.8 Å². The van der Waals surface area contributed by atoms with Gasteiger partial charge < -0.3 is 15.3 Å². The van der Waals surface area contributed by atoms with Crippen molar-refractivity contribution in [3.8, 4) is 0 Å². The van der Waals surface area contributed by atoms with Crippen LogP contribution in [-0.2, 0) is 0 Å². The fourth-order valence-electron chi connectivity index (χ4n) is 3.90. The van der Waals surface area contributed by atoms with Gasteiger partial charge in [0.15, 0.2) is 0 Å². The quantitative estimate of drug-likeness (QED) is 0.637. The molecule has 1 aliphatic heterocycles. The molecular weight excluding hydrogens is 414 g/mol. The van der Waals surface area contributed by atoms with Crippen molar-refractivity contribution in [3.05, 3.63) is 70.4 Å². The molecule has 0 spiro atoms. The van der Waals surface area contributed by atoms with Crippen molar-refractivity contribution in [1.29, 1.82) is 0 Å². The van der Waals surface area contributed by atoms with Crippen molar-refractivity contribution in [3.63, 3.8) is 0 Å². The lowest BCUT2D eigenvalue weighted by Gasteiger charge is -2.31. The average Bonchev–Trinajstić information content (AvgIpc) is 2.78. The van der Waals surface area contributed by atoms with Crippen molar-refractivity contribution in [1.82, 2.24) is 9.88 Å². The highest BCUT2D eigenvalue weighted by Crippen LogP contribution is 2.23. The number of nitrogens with zero attached hydrogens (tertiary/aromatic N) is 2. The molecule has 1 aromatic heterocycles. The van der Waals surface area contributed by atoms with Gasteiger partial charge in [-0.25, -0.2) is 0 Å². The molecule has 1 aliphatic rings. The number of carbonyl (C=O) groups excluding carboxylic acids is 2. The van der Waals surface area contributed by atoms with Crippen LogP contribution in [0.2, 0.25) is 5.02 Å². The number of anilines is 1. The maximum atomic E-state index is 12.9. The Bertz CT molecular complexity index is 1140. The normalized spacial score (nSPS) is 14.6. The molecule has 7 heteroatoms. The summed E-state index contributed by atoms with van der Waals surface area (Å²) >= 11 is 6.07. The Labute approximate surface area is 185 Å². The SMILES string of the molecule is Cc1nc2ccc(Cl)cc2cc1C(=O)Nc1cccc(C(=O)N2CCC(CO)CC2)c1. The van der Waals surface area contributed by atoms with Gasteiger partial charge in [-0.15, -0.1) is 0 Å². The fourth-order valence-corrected chi connectivity index (χ4v) is 4.08. The van der Waals surface area contributed by atoms with E-state index in [9.17, 15) is 14.7 Å². The van der Waals surface area contributed by atoms with Crippen molar-refractivity contribution in [2.24, 2.45) is 5.92 Å². The summed E-state index contributed by atoms with van der Waals surface area (Å²) in [6.07, 6.45) is 1.61. The smallest absolute Gasteiger partial charge is 0.257 e. The summed E-state index contributed by atoms with van der Waals surface area (Å²) in [6, 6.07) is 14.1. The molecule has 0 atom stereocenters. The number of aliphatic hydroxyl groups is 1. The summed E-state index contributed by atoms with van der Waals surface area (Å²) in [5.74, 6) is -0.0886. The number of fused-ring (bicyclic) bond motifs is 1. The number of aliphatic hydroxyl groups excluding tert-OH is 1. The zero-order valence-corrected chi connectivity index (χ0v) is 18.0. The average molecular weight is 438 g/mol. The minimum atomic E-state index is -0.291. The van der Waals surface area contributed by atoms with Gasteiger partial charge in [0, 0.05) is 41.4 Å². The molecule has 6 nitrogen and oxygen atoms in total. The van der Waals surface area contributed by atoms with Crippen LogP contribution in [0.1, 0.15) is 39.3 Å². The predicted molar refractivity (Wildman–Crippen MR) is 122 cm³/mol. The first kappa shape index (κ1) is 21.3. The third kappa shape index (κ3) is 4.70. The molecule has 4 rings (SSSR count). The van der Waals surface area contributed by atoms with E-state index in [1.165, 1.54) is 0 Å². The summed E-state index contributed by atoms with van der Waals surface area (Å²) < 4.78 is 0. The molecule has 0 aliphatic carbocycles. The predicted octanol–water partition coefficient (Wildman–Crippen LogP) is 4.29. The molecular formula is C24H24ClN3O3. The van der Waals surface area contributed by atoms with E-state index in [-0.39, 0.29) is 24.3 Å². The van der Waals surface area contributed by atoms with Crippen LogP contribution >= 0.6 is 11.6 Å². The molecule has 0 radical (unpaired) electrons. The summed E-state index contributed by atoms with van der Waals surface area (Å²) in [4.78, 5) is 32.1. The first-order valence-electron chi connectivity index (χ1n) is 10.3. The number of piperidine rings is 1. The number of hydrogen-bond donors (Lipinski definition) is 2. The number of aromatic nitrogens is 1. The molecule has 1 fully saturated rings. The number of carbonyl (C=O) groups is 2. The van der Waals surface area contributed by atoms with E-state index >= 15 is 0 Å². The van der Waals surface area contributed by atoms with Crippen LogP contribution in [0, 0.1) is 12.8 Å². The Morgan fingerprint density at radius 1 is 1.16 bits per heavy atom. The van der Waals surface area contributed by atoms with Gasteiger partial charge in [-0.05, 0) is 68.1 Å². The number of amides is 2. The van der Waals surface area contributed by atoms with E-state index in [2.05, 4.69) is 10.3 Å². The van der Waals surface area contributed by atoms with Crippen LogP contribution in [0.15, 0.2) is 48.5 Å². The summed E-state index contributed by atoms with van der Waals surface area (Å²) in [7, 11) is 0. The number of aryl methyl sites for hydroxylation is 1. The first-order chi connectivity index (χ1) is 14.9. The molecule has 2 amide bonds. The van der Waals surface area contributed by atoms with Crippen LogP contribution < -0.4 is 5.32 Å². The second-order valence-electron chi connectivity index (χ2n) is 7.91. The summed E-state index contributed by atoms with van der Waals surface area (Å²) in [5.41, 5.74) is 2.92. The maximum Gasteiger partial charge on any atom is 0.257 e. The highest BCUT2D eigenvalue weighted by molar-refractivity contribution is 6.31. The lowest BCUT2D eigenvalue weighted by atomic mass is 9.97. The Morgan fingerprint density at radius 2 is 1.94 bits per heavy atom. The van der Waals surface area contributed by atoms with Gasteiger partial charge in [0.2, 0.25) is 0 Å².